The molecule has 2 nitrogen and oxygen atoms in total. The first-order valence-electron chi connectivity index (χ1n) is 6.34. The van der Waals surface area contributed by atoms with Crippen molar-refractivity contribution in [3.05, 3.63) is 58.7 Å². The van der Waals surface area contributed by atoms with Gasteiger partial charge in [-0.2, -0.15) is 0 Å². The van der Waals surface area contributed by atoms with Gasteiger partial charge < -0.3 is 0 Å². The lowest BCUT2D eigenvalue weighted by atomic mass is 9.97. The van der Waals surface area contributed by atoms with Crippen LogP contribution in [0.25, 0.3) is 11.1 Å². The number of Topliss-reactive ketones (excluding diaryl/α,β-unsaturated/α-hetero) is 2. The number of rotatable bonds is 1. The minimum absolute atomic E-state index is 0.0196. The summed E-state index contributed by atoms with van der Waals surface area (Å²) in [5.74, 6) is -0.127. The lowest BCUT2D eigenvalue weighted by Gasteiger charge is -2.07. The normalized spacial score (nSPS) is 13.8. The zero-order chi connectivity index (χ0) is 13.6. The highest BCUT2D eigenvalue weighted by Crippen LogP contribution is 2.29. The Balaban J connectivity index is 2.12. The van der Waals surface area contributed by atoms with E-state index >= 15 is 0 Å². The monoisotopic (exact) mass is 250 g/mol. The maximum atomic E-state index is 11.8. The molecule has 19 heavy (non-hydrogen) atoms. The number of benzene rings is 2. The van der Waals surface area contributed by atoms with Crippen LogP contribution >= 0.6 is 0 Å². The van der Waals surface area contributed by atoms with Gasteiger partial charge in [-0.1, -0.05) is 30.3 Å². The highest BCUT2D eigenvalue weighted by molar-refractivity contribution is 6.24. The van der Waals surface area contributed by atoms with Crippen LogP contribution in [0.5, 0.6) is 0 Å². The number of carbonyl (C=O) groups excluding carboxylic acids is 2. The molecule has 0 unspecified atom stereocenters. The van der Waals surface area contributed by atoms with Crippen LogP contribution in [0.2, 0.25) is 0 Å². The van der Waals surface area contributed by atoms with Crippen molar-refractivity contribution in [1.29, 1.82) is 0 Å². The van der Waals surface area contributed by atoms with Gasteiger partial charge in [-0.25, -0.2) is 0 Å². The Morgan fingerprint density at radius 2 is 1.37 bits per heavy atom. The van der Waals surface area contributed by atoms with Gasteiger partial charge >= 0.3 is 0 Å². The SMILES string of the molecule is Cc1ccc(-c2ccc3c(c2)C(=O)CC3=O)cc1C. The number of aryl methyl sites for hydroxylation is 2. The van der Waals surface area contributed by atoms with Crippen molar-refractivity contribution >= 4 is 11.6 Å². The molecule has 0 bridgehead atoms. The van der Waals surface area contributed by atoms with E-state index in [1.165, 1.54) is 11.1 Å². The average molecular weight is 250 g/mol. The molecule has 0 fully saturated rings. The highest BCUT2D eigenvalue weighted by Gasteiger charge is 2.27. The smallest absolute Gasteiger partial charge is 0.171 e. The van der Waals surface area contributed by atoms with Gasteiger partial charge in [-0.05, 0) is 42.2 Å². The first kappa shape index (κ1) is 11.8. The molecule has 0 N–H and O–H groups in total. The third-order valence-electron chi connectivity index (χ3n) is 3.78. The third-order valence-corrected chi connectivity index (χ3v) is 3.78. The van der Waals surface area contributed by atoms with E-state index in [9.17, 15) is 9.59 Å². The van der Waals surface area contributed by atoms with E-state index in [4.69, 9.17) is 0 Å². The molecule has 1 aliphatic carbocycles. The van der Waals surface area contributed by atoms with E-state index < -0.39 is 0 Å². The first-order chi connectivity index (χ1) is 9.06. The molecule has 0 aromatic heterocycles. The van der Waals surface area contributed by atoms with Crippen LogP contribution in [0, 0.1) is 13.8 Å². The van der Waals surface area contributed by atoms with Gasteiger partial charge in [0.2, 0.25) is 0 Å². The molecule has 2 aromatic rings. The lowest BCUT2D eigenvalue weighted by molar-refractivity contribution is 0.0923. The van der Waals surface area contributed by atoms with Gasteiger partial charge in [0.15, 0.2) is 11.6 Å². The average Bonchev–Trinajstić information content (AvgIpc) is 2.68. The minimum Gasteiger partial charge on any atom is -0.294 e. The molecule has 0 radical (unpaired) electrons. The Hall–Kier alpha value is -2.22. The summed E-state index contributed by atoms with van der Waals surface area (Å²) in [6, 6.07) is 11.8. The van der Waals surface area contributed by atoms with Crippen molar-refractivity contribution in [2.24, 2.45) is 0 Å². The number of fused-ring (bicyclic) bond motifs is 1. The van der Waals surface area contributed by atoms with E-state index in [1.807, 2.05) is 18.2 Å². The summed E-state index contributed by atoms with van der Waals surface area (Å²) in [7, 11) is 0. The summed E-state index contributed by atoms with van der Waals surface area (Å²) in [5, 5.41) is 0. The topological polar surface area (TPSA) is 34.1 Å². The number of ketones is 2. The second kappa shape index (κ2) is 4.16. The fraction of sp³-hybridized carbons (Fsp3) is 0.176. The molecule has 94 valence electrons. The molecular weight excluding hydrogens is 236 g/mol. The second-order valence-corrected chi connectivity index (χ2v) is 5.08. The predicted molar refractivity (Wildman–Crippen MR) is 74.6 cm³/mol. The third kappa shape index (κ3) is 1.89. The first-order valence-corrected chi connectivity index (χ1v) is 6.34. The Morgan fingerprint density at radius 1 is 0.737 bits per heavy atom. The summed E-state index contributed by atoms with van der Waals surface area (Å²) in [6.45, 7) is 4.14. The number of hydrogen-bond donors (Lipinski definition) is 0. The quantitative estimate of drug-likeness (QED) is 0.722. The second-order valence-electron chi connectivity index (χ2n) is 5.08. The Morgan fingerprint density at radius 3 is 2.11 bits per heavy atom. The van der Waals surface area contributed by atoms with Crippen molar-refractivity contribution in [3.63, 3.8) is 0 Å². The summed E-state index contributed by atoms with van der Waals surface area (Å²) in [4.78, 5) is 23.4. The highest BCUT2D eigenvalue weighted by atomic mass is 16.2. The summed E-state index contributed by atoms with van der Waals surface area (Å²) >= 11 is 0. The standard InChI is InChI=1S/C17H14O2/c1-10-3-4-12(7-11(10)2)13-5-6-14-15(8-13)17(19)9-16(14)18/h3-8H,9H2,1-2H3. The molecule has 1 aliphatic rings. The molecule has 0 spiro atoms. The van der Waals surface area contributed by atoms with E-state index in [0.29, 0.717) is 11.1 Å². The molecule has 3 rings (SSSR count). The molecule has 0 amide bonds. The summed E-state index contributed by atoms with van der Waals surface area (Å²) < 4.78 is 0. The van der Waals surface area contributed by atoms with Crippen molar-refractivity contribution in [2.45, 2.75) is 20.3 Å². The van der Waals surface area contributed by atoms with Crippen LogP contribution in [0.1, 0.15) is 38.3 Å². The van der Waals surface area contributed by atoms with Crippen LogP contribution in [-0.4, -0.2) is 11.6 Å². The van der Waals surface area contributed by atoms with Crippen molar-refractivity contribution in [3.8, 4) is 11.1 Å². The maximum Gasteiger partial charge on any atom is 0.171 e. The fourth-order valence-corrected chi connectivity index (χ4v) is 2.45. The van der Waals surface area contributed by atoms with E-state index in [0.717, 1.165) is 11.1 Å². The molecular formula is C17H14O2. The van der Waals surface area contributed by atoms with E-state index in [1.54, 1.807) is 6.07 Å². The van der Waals surface area contributed by atoms with E-state index in [-0.39, 0.29) is 18.0 Å². The minimum atomic E-state index is -0.0642. The van der Waals surface area contributed by atoms with Gasteiger partial charge in [0, 0.05) is 11.1 Å². The van der Waals surface area contributed by atoms with Crippen LogP contribution in [0.3, 0.4) is 0 Å². The number of hydrogen-bond acceptors (Lipinski definition) is 2. The zero-order valence-electron chi connectivity index (χ0n) is 11.0. The molecule has 0 saturated heterocycles. The van der Waals surface area contributed by atoms with Gasteiger partial charge in [-0.15, -0.1) is 0 Å². The Labute approximate surface area is 112 Å². The maximum absolute atomic E-state index is 11.8. The summed E-state index contributed by atoms with van der Waals surface area (Å²) in [5.41, 5.74) is 5.68. The van der Waals surface area contributed by atoms with Gasteiger partial charge in [0.25, 0.3) is 0 Å². The zero-order valence-corrected chi connectivity index (χ0v) is 11.0. The van der Waals surface area contributed by atoms with Gasteiger partial charge in [-0.3, -0.25) is 9.59 Å². The van der Waals surface area contributed by atoms with Crippen LogP contribution in [0.4, 0.5) is 0 Å². The molecule has 0 atom stereocenters. The van der Waals surface area contributed by atoms with E-state index in [2.05, 4.69) is 26.0 Å². The van der Waals surface area contributed by atoms with Gasteiger partial charge in [0.1, 0.15) is 0 Å². The van der Waals surface area contributed by atoms with Crippen molar-refractivity contribution in [1.82, 2.24) is 0 Å². The predicted octanol–water partition coefficient (Wildman–Crippen LogP) is 3.74. The van der Waals surface area contributed by atoms with Gasteiger partial charge in [0.05, 0.1) is 6.42 Å². The van der Waals surface area contributed by atoms with Crippen LogP contribution in [-0.2, 0) is 0 Å². The largest absolute Gasteiger partial charge is 0.294 e. The Bertz CT molecular complexity index is 711. The molecule has 2 heteroatoms. The van der Waals surface area contributed by atoms with Crippen LogP contribution < -0.4 is 0 Å². The van der Waals surface area contributed by atoms with Crippen LogP contribution in [0.15, 0.2) is 36.4 Å². The molecule has 0 saturated carbocycles. The molecule has 0 heterocycles. The lowest BCUT2D eigenvalue weighted by Crippen LogP contribution is -1.92. The molecule has 0 aliphatic heterocycles. The van der Waals surface area contributed by atoms with Crippen molar-refractivity contribution < 1.29 is 9.59 Å². The molecule has 2 aromatic carbocycles. The summed E-state index contributed by atoms with van der Waals surface area (Å²) in [6.07, 6.45) is 0.0196. The number of carbonyl (C=O) groups is 2. The van der Waals surface area contributed by atoms with Crippen molar-refractivity contribution in [2.75, 3.05) is 0 Å². The Kier molecular flexibility index (Phi) is 2.59. The fourth-order valence-electron chi connectivity index (χ4n) is 2.45.